The molecule has 0 aliphatic carbocycles. The molecular formula is C24H42N3O3+. The summed E-state index contributed by atoms with van der Waals surface area (Å²) < 4.78 is 0.750. The van der Waals surface area contributed by atoms with E-state index in [-0.39, 0.29) is 6.42 Å². The van der Waals surface area contributed by atoms with Gasteiger partial charge in [-0.05, 0) is 43.4 Å². The first-order chi connectivity index (χ1) is 14.2. The lowest BCUT2D eigenvalue weighted by Crippen LogP contribution is -2.65. The molecule has 2 atom stereocenters. The maximum absolute atomic E-state index is 11.5. The molecule has 2 rings (SSSR count). The lowest BCUT2D eigenvalue weighted by Gasteiger charge is -2.46. The molecule has 1 aliphatic heterocycles. The van der Waals surface area contributed by atoms with Crippen molar-refractivity contribution in [3.8, 4) is 0 Å². The zero-order chi connectivity index (χ0) is 22.0. The van der Waals surface area contributed by atoms with Crippen LogP contribution in [0.15, 0.2) is 24.3 Å². The molecule has 1 fully saturated rings. The van der Waals surface area contributed by atoms with E-state index in [9.17, 15) is 15.0 Å². The van der Waals surface area contributed by atoms with Gasteiger partial charge in [0, 0.05) is 5.69 Å². The van der Waals surface area contributed by atoms with Gasteiger partial charge in [-0.3, -0.25) is 10.1 Å². The van der Waals surface area contributed by atoms with Crippen LogP contribution < -0.4 is 10.6 Å². The normalized spacial score (nSPS) is 21.9. The lowest BCUT2D eigenvalue weighted by atomic mass is 9.85. The van der Waals surface area contributed by atoms with Crippen LogP contribution in [0, 0.1) is 0 Å². The zero-order valence-electron chi connectivity index (χ0n) is 19.1. The van der Waals surface area contributed by atoms with Gasteiger partial charge >= 0.3 is 5.97 Å². The molecule has 0 radical (unpaired) electrons. The van der Waals surface area contributed by atoms with Crippen LogP contribution >= 0.6 is 0 Å². The Hall–Kier alpha value is -1.63. The molecule has 1 saturated heterocycles. The summed E-state index contributed by atoms with van der Waals surface area (Å²) in [5.74, 6) is -0.837. The average molecular weight is 421 g/mol. The van der Waals surface area contributed by atoms with Gasteiger partial charge in [0.25, 0.3) is 0 Å². The van der Waals surface area contributed by atoms with Crippen molar-refractivity contribution in [2.75, 3.05) is 32.5 Å². The highest BCUT2D eigenvalue weighted by molar-refractivity contribution is 5.68. The summed E-state index contributed by atoms with van der Waals surface area (Å²) in [7, 11) is 4.22. The number of benzene rings is 1. The van der Waals surface area contributed by atoms with Gasteiger partial charge in [0.1, 0.15) is 0 Å². The number of aliphatic hydroxyl groups excluding tert-OH is 1. The standard InChI is InChI=1S/C24H41N3O3/c1-4-5-6-7-8-9-11-20-12-14-21(15-13-20)25-23(30)26-24(18-22(28)29)16-10-17-27(2,3)19-24/h12-15,23,25-26,30H,4-11,16-19H2,1-3H3/p+1. The van der Waals surface area contributed by atoms with Crippen LogP contribution in [0.1, 0.15) is 70.3 Å². The Morgan fingerprint density at radius 1 is 1.13 bits per heavy atom. The van der Waals surface area contributed by atoms with Crippen molar-refractivity contribution in [3.05, 3.63) is 29.8 Å². The summed E-state index contributed by atoms with van der Waals surface area (Å²) in [6.07, 6.45) is 9.55. The first-order valence-corrected chi connectivity index (χ1v) is 11.6. The Morgan fingerprint density at radius 3 is 2.43 bits per heavy atom. The number of aliphatic hydroxyl groups is 1. The van der Waals surface area contributed by atoms with E-state index in [4.69, 9.17) is 0 Å². The number of piperidine rings is 1. The highest BCUT2D eigenvalue weighted by atomic mass is 16.4. The number of nitrogens with zero attached hydrogens (tertiary/aromatic N) is 1. The molecular weight excluding hydrogens is 378 g/mol. The summed E-state index contributed by atoms with van der Waals surface area (Å²) in [6.45, 7) is 3.94. The third kappa shape index (κ3) is 8.62. The number of hydrogen-bond donors (Lipinski definition) is 4. The van der Waals surface area contributed by atoms with Gasteiger partial charge < -0.3 is 20.0 Å². The van der Waals surface area contributed by atoms with Crippen LogP contribution in [0.4, 0.5) is 5.69 Å². The van der Waals surface area contributed by atoms with Crippen molar-refractivity contribution in [1.82, 2.24) is 5.32 Å². The minimum absolute atomic E-state index is 0.00458. The van der Waals surface area contributed by atoms with Crippen molar-refractivity contribution in [2.45, 2.75) is 83.0 Å². The minimum atomic E-state index is -0.994. The number of anilines is 1. The van der Waals surface area contributed by atoms with E-state index in [1.165, 1.54) is 44.1 Å². The highest BCUT2D eigenvalue weighted by Gasteiger charge is 2.43. The molecule has 30 heavy (non-hydrogen) atoms. The van der Waals surface area contributed by atoms with Gasteiger partial charge in [-0.2, -0.15) is 0 Å². The van der Waals surface area contributed by atoms with Crippen LogP contribution in [0.25, 0.3) is 0 Å². The van der Waals surface area contributed by atoms with Crippen molar-refractivity contribution in [1.29, 1.82) is 0 Å². The number of quaternary nitrogens is 1. The average Bonchev–Trinajstić information content (AvgIpc) is 2.64. The molecule has 1 heterocycles. The van der Waals surface area contributed by atoms with Crippen LogP contribution in [0.2, 0.25) is 0 Å². The SMILES string of the molecule is CCCCCCCCc1ccc(NC(O)NC2(CC(=O)O)CCC[N+](C)(C)C2)cc1. The largest absolute Gasteiger partial charge is 0.481 e. The minimum Gasteiger partial charge on any atom is -0.481 e. The Morgan fingerprint density at radius 2 is 1.80 bits per heavy atom. The first kappa shape index (κ1) is 24.6. The van der Waals surface area contributed by atoms with E-state index < -0.39 is 17.9 Å². The smallest absolute Gasteiger partial charge is 0.305 e. The number of aryl methyl sites for hydroxylation is 1. The molecule has 0 spiro atoms. The quantitative estimate of drug-likeness (QED) is 0.221. The Kier molecular flexibility index (Phi) is 9.59. The van der Waals surface area contributed by atoms with E-state index in [1.54, 1.807) is 0 Å². The fourth-order valence-electron chi connectivity index (χ4n) is 4.79. The van der Waals surface area contributed by atoms with E-state index in [2.05, 4.69) is 43.8 Å². The van der Waals surface area contributed by atoms with E-state index in [1.807, 2.05) is 12.1 Å². The molecule has 6 heteroatoms. The second-order valence-electron chi connectivity index (χ2n) is 9.68. The topological polar surface area (TPSA) is 81.6 Å². The van der Waals surface area contributed by atoms with Crippen LogP contribution in [-0.4, -0.2) is 59.7 Å². The Balaban J connectivity index is 1.85. The second kappa shape index (κ2) is 11.7. The van der Waals surface area contributed by atoms with Crippen molar-refractivity contribution in [3.63, 3.8) is 0 Å². The molecule has 4 N–H and O–H groups in total. The summed E-state index contributed by atoms with van der Waals surface area (Å²) in [4.78, 5) is 11.5. The summed E-state index contributed by atoms with van der Waals surface area (Å²) >= 11 is 0. The fraction of sp³-hybridized carbons (Fsp3) is 0.708. The predicted molar refractivity (Wildman–Crippen MR) is 122 cm³/mol. The third-order valence-electron chi connectivity index (χ3n) is 6.16. The zero-order valence-corrected chi connectivity index (χ0v) is 19.1. The molecule has 1 aromatic rings. The lowest BCUT2D eigenvalue weighted by molar-refractivity contribution is -0.899. The van der Waals surface area contributed by atoms with E-state index in [0.29, 0.717) is 6.54 Å². The molecule has 0 bridgehead atoms. The molecule has 0 amide bonds. The second-order valence-corrected chi connectivity index (χ2v) is 9.68. The molecule has 0 saturated carbocycles. The van der Waals surface area contributed by atoms with Crippen molar-refractivity contribution in [2.24, 2.45) is 0 Å². The highest BCUT2D eigenvalue weighted by Crippen LogP contribution is 2.28. The number of unbranched alkanes of at least 4 members (excludes halogenated alkanes) is 5. The molecule has 2 unspecified atom stereocenters. The number of nitrogens with one attached hydrogen (secondary N) is 2. The summed E-state index contributed by atoms with van der Waals surface area (Å²) in [5.41, 5.74) is 1.53. The number of carbonyl (C=O) groups is 1. The number of aliphatic carboxylic acids is 1. The number of rotatable bonds is 13. The van der Waals surface area contributed by atoms with Gasteiger partial charge in [0.05, 0.1) is 39.1 Å². The van der Waals surface area contributed by atoms with Gasteiger partial charge in [-0.1, -0.05) is 51.2 Å². The first-order valence-electron chi connectivity index (χ1n) is 11.6. The van der Waals surface area contributed by atoms with Crippen molar-refractivity contribution < 1.29 is 19.5 Å². The molecule has 170 valence electrons. The molecule has 1 aromatic carbocycles. The van der Waals surface area contributed by atoms with Crippen LogP contribution in [0.3, 0.4) is 0 Å². The third-order valence-corrected chi connectivity index (χ3v) is 6.16. The molecule has 6 nitrogen and oxygen atoms in total. The predicted octanol–water partition coefficient (Wildman–Crippen LogP) is 3.95. The monoisotopic (exact) mass is 420 g/mol. The maximum Gasteiger partial charge on any atom is 0.305 e. The Bertz CT molecular complexity index is 648. The van der Waals surface area contributed by atoms with Gasteiger partial charge in [-0.15, -0.1) is 0 Å². The number of likely N-dealkylation sites (tertiary alicyclic amines) is 1. The van der Waals surface area contributed by atoms with E-state index in [0.717, 1.165) is 36.0 Å². The van der Waals surface area contributed by atoms with Crippen LogP contribution in [0.5, 0.6) is 0 Å². The number of carboxylic acid groups (broad SMARTS) is 1. The van der Waals surface area contributed by atoms with Crippen LogP contribution in [-0.2, 0) is 11.2 Å². The summed E-state index contributed by atoms with van der Waals surface area (Å²) in [5, 5.41) is 26.3. The van der Waals surface area contributed by atoms with Crippen molar-refractivity contribution >= 4 is 11.7 Å². The molecule has 1 aliphatic rings. The fourth-order valence-corrected chi connectivity index (χ4v) is 4.79. The van der Waals surface area contributed by atoms with Gasteiger partial charge in [0.2, 0.25) is 0 Å². The van der Waals surface area contributed by atoms with Gasteiger partial charge in [0.15, 0.2) is 6.35 Å². The van der Waals surface area contributed by atoms with Gasteiger partial charge in [-0.25, -0.2) is 0 Å². The Labute approximate surface area is 182 Å². The summed E-state index contributed by atoms with van der Waals surface area (Å²) in [6, 6.07) is 8.19. The number of hydrogen-bond acceptors (Lipinski definition) is 4. The maximum atomic E-state index is 11.5. The molecule has 0 aromatic heterocycles. The number of carboxylic acids is 1. The number of likely N-dealkylation sites (N-methyl/N-ethyl adjacent to an activating group) is 1. The van der Waals surface area contributed by atoms with E-state index >= 15 is 0 Å².